The molecule has 2 rings (SSSR count). The highest BCUT2D eigenvalue weighted by atomic mass is 32.2. The van der Waals surface area contributed by atoms with Gasteiger partial charge in [0.1, 0.15) is 12.2 Å². The number of fused-ring (bicyclic) bond motifs is 1. The maximum atomic E-state index is 11.5. The lowest BCUT2D eigenvalue weighted by Gasteiger charge is -2.16. The number of hydrogen-bond acceptors (Lipinski definition) is 5. The van der Waals surface area contributed by atoms with Crippen molar-refractivity contribution in [2.45, 2.75) is 63.1 Å². The summed E-state index contributed by atoms with van der Waals surface area (Å²) in [7, 11) is 0. The fourth-order valence-electron chi connectivity index (χ4n) is 2.48. The minimum atomic E-state index is -0.208. The molecule has 0 radical (unpaired) electrons. The summed E-state index contributed by atoms with van der Waals surface area (Å²) in [6.07, 6.45) is 3.57. The van der Waals surface area contributed by atoms with E-state index in [0.717, 1.165) is 12.2 Å². The summed E-state index contributed by atoms with van der Waals surface area (Å²) in [5.74, 6) is 1.01. The third-order valence-corrected chi connectivity index (χ3v) is 4.89. The second kappa shape index (κ2) is 7.50. The maximum absolute atomic E-state index is 11.5. The Morgan fingerprint density at radius 1 is 1.21 bits per heavy atom. The Morgan fingerprint density at radius 3 is 2.74 bits per heavy atom. The van der Waals surface area contributed by atoms with E-state index in [4.69, 9.17) is 14.2 Å². The Balaban J connectivity index is 1.78. The highest BCUT2D eigenvalue weighted by Gasteiger charge is 2.49. The SMILES string of the molecule is CCCCS[C@@H]1CO[C@H]2[C@@H]1OC[C@@H]2OC(=O)CCC. The van der Waals surface area contributed by atoms with E-state index >= 15 is 0 Å². The van der Waals surface area contributed by atoms with Crippen molar-refractivity contribution in [2.75, 3.05) is 19.0 Å². The molecule has 2 heterocycles. The van der Waals surface area contributed by atoms with Gasteiger partial charge in [-0.05, 0) is 18.6 Å². The van der Waals surface area contributed by atoms with Gasteiger partial charge in [-0.15, -0.1) is 0 Å². The van der Waals surface area contributed by atoms with Gasteiger partial charge in [0.2, 0.25) is 0 Å². The zero-order valence-corrected chi connectivity index (χ0v) is 12.6. The first-order chi connectivity index (χ1) is 9.26. The summed E-state index contributed by atoms with van der Waals surface area (Å²) >= 11 is 1.93. The van der Waals surface area contributed by atoms with Crippen LogP contribution in [-0.4, -0.2) is 48.5 Å². The van der Waals surface area contributed by atoms with E-state index in [0.29, 0.717) is 24.9 Å². The summed E-state index contributed by atoms with van der Waals surface area (Å²) in [6.45, 7) is 5.37. The fourth-order valence-corrected chi connectivity index (χ4v) is 3.84. The van der Waals surface area contributed by atoms with Crippen molar-refractivity contribution in [1.29, 1.82) is 0 Å². The van der Waals surface area contributed by atoms with E-state index in [1.165, 1.54) is 12.8 Å². The normalized spacial score (nSPS) is 33.4. The minimum absolute atomic E-state index is 0.0556. The third kappa shape index (κ3) is 3.86. The molecule has 2 fully saturated rings. The third-order valence-electron chi connectivity index (χ3n) is 3.53. The van der Waals surface area contributed by atoms with Gasteiger partial charge in [0.25, 0.3) is 0 Å². The molecule has 2 saturated heterocycles. The van der Waals surface area contributed by atoms with E-state index in [2.05, 4.69) is 6.92 Å². The monoisotopic (exact) mass is 288 g/mol. The number of unbranched alkanes of at least 4 members (excludes halogenated alkanes) is 1. The first kappa shape index (κ1) is 15.1. The van der Waals surface area contributed by atoms with Crippen LogP contribution in [0.25, 0.3) is 0 Å². The average Bonchev–Trinajstić information content (AvgIpc) is 2.94. The van der Waals surface area contributed by atoms with Crippen LogP contribution in [0.2, 0.25) is 0 Å². The number of hydrogen-bond donors (Lipinski definition) is 0. The van der Waals surface area contributed by atoms with Gasteiger partial charge in [-0.2, -0.15) is 11.8 Å². The molecule has 4 nitrogen and oxygen atoms in total. The smallest absolute Gasteiger partial charge is 0.306 e. The van der Waals surface area contributed by atoms with Gasteiger partial charge >= 0.3 is 5.97 Å². The highest BCUT2D eigenvalue weighted by Crippen LogP contribution is 2.35. The van der Waals surface area contributed by atoms with E-state index in [9.17, 15) is 4.79 Å². The van der Waals surface area contributed by atoms with E-state index in [-0.39, 0.29) is 24.3 Å². The standard InChI is InChI=1S/C14H24O4S/c1-3-5-7-19-11-9-17-13-10(8-16-14(11)13)18-12(15)6-4-2/h10-11,13-14H,3-9H2,1-2H3/t10-,11+,13+,14+/m0/s1. The molecule has 2 aliphatic rings. The average molecular weight is 288 g/mol. The van der Waals surface area contributed by atoms with E-state index < -0.39 is 0 Å². The molecule has 0 saturated carbocycles. The fraction of sp³-hybridized carbons (Fsp3) is 0.929. The van der Waals surface area contributed by atoms with Crippen molar-refractivity contribution in [2.24, 2.45) is 0 Å². The van der Waals surface area contributed by atoms with Gasteiger partial charge in [0, 0.05) is 6.42 Å². The van der Waals surface area contributed by atoms with Crippen LogP contribution in [0.4, 0.5) is 0 Å². The molecule has 0 aliphatic carbocycles. The quantitative estimate of drug-likeness (QED) is 0.532. The molecule has 0 N–H and O–H groups in total. The van der Waals surface area contributed by atoms with Crippen LogP contribution >= 0.6 is 11.8 Å². The highest BCUT2D eigenvalue weighted by molar-refractivity contribution is 8.00. The second-order valence-corrected chi connectivity index (χ2v) is 6.48. The number of ether oxygens (including phenoxy) is 3. The summed E-state index contributed by atoms with van der Waals surface area (Å²) in [6, 6.07) is 0. The largest absolute Gasteiger partial charge is 0.457 e. The summed E-state index contributed by atoms with van der Waals surface area (Å²) < 4.78 is 17.0. The molecule has 0 bridgehead atoms. The Labute approximate surface area is 119 Å². The van der Waals surface area contributed by atoms with Crippen LogP contribution < -0.4 is 0 Å². The van der Waals surface area contributed by atoms with Gasteiger partial charge in [0.05, 0.1) is 18.5 Å². The second-order valence-electron chi connectivity index (χ2n) is 5.14. The van der Waals surface area contributed by atoms with Crippen molar-refractivity contribution in [3.8, 4) is 0 Å². The first-order valence-electron chi connectivity index (χ1n) is 7.30. The summed E-state index contributed by atoms with van der Waals surface area (Å²) in [5, 5.41) is 0.395. The van der Waals surface area contributed by atoms with Crippen LogP contribution in [0.1, 0.15) is 39.5 Å². The maximum Gasteiger partial charge on any atom is 0.306 e. The Morgan fingerprint density at radius 2 is 2.00 bits per heavy atom. The number of esters is 1. The molecule has 5 heteroatoms. The molecule has 4 atom stereocenters. The van der Waals surface area contributed by atoms with Crippen molar-refractivity contribution in [3.63, 3.8) is 0 Å². The van der Waals surface area contributed by atoms with E-state index in [1.54, 1.807) is 0 Å². The molecule has 0 unspecified atom stereocenters. The summed E-state index contributed by atoms with van der Waals surface area (Å²) in [5.41, 5.74) is 0. The Hall–Kier alpha value is -0.260. The lowest BCUT2D eigenvalue weighted by atomic mass is 10.1. The number of rotatable bonds is 7. The van der Waals surface area contributed by atoms with Crippen LogP contribution in [0.5, 0.6) is 0 Å². The molecule has 0 spiro atoms. The molecular weight excluding hydrogens is 264 g/mol. The van der Waals surface area contributed by atoms with Gasteiger partial charge in [-0.25, -0.2) is 0 Å². The van der Waals surface area contributed by atoms with Gasteiger partial charge in [-0.1, -0.05) is 20.3 Å². The lowest BCUT2D eigenvalue weighted by Crippen LogP contribution is -2.33. The molecule has 2 aliphatic heterocycles. The molecule has 0 amide bonds. The molecular formula is C14H24O4S. The first-order valence-corrected chi connectivity index (χ1v) is 8.35. The lowest BCUT2D eigenvalue weighted by molar-refractivity contribution is -0.153. The minimum Gasteiger partial charge on any atom is -0.457 e. The van der Waals surface area contributed by atoms with Crippen LogP contribution in [0, 0.1) is 0 Å². The Bertz CT molecular complexity index is 297. The van der Waals surface area contributed by atoms with Crippen LogP contribution in [-0.2, 0) is 19.0 Å². The number of carbonyl (C=O) groups excluding carboxylic acids is 1. The van der Waals surface area contributed by atoms with Crippen LogP contribution in [0.15, 0.2) is 0 Å². The predicted molar refractivity (Wildman–Crippen MR) is 75.4 cm³/mol. The zero-order valence-electron chi connectivity index (χ0n) is 11.8. The summed E-state index contributed by atoms with van der Waals surface area (Å²) in [4.78, 5) is 11.5. The molecule has 0 aromatic heterocycles. The van der Waals surface area contributed by atoms with Crippen molar-refractivity contribution in [1.82, 2.24) is 0 Å². The van der Waals surface area contributed by atoms with Gasteiger partial charge < -0.3 is 14.2 Å². The topological polar surface area (TPSA) is 44.8 Å². The molecule has 110 valence electrons. The van der Waals surface area contributed by atoms with Gasteiger partial charge in [0.15, 0.2) is 6.10 Å². The molecule has 0 aromatic carbocycles. The Kier molecular flexibility index (Phi) is 5.98. The van der Waals surface area contributed by atoms with E-state index in [1.807, 2.05) is 18.7 Å². The molecule has 0 aromatic rings. The van der Waals surface area contributed by atoms with Crippen molar-refractivity contribution in [3.05, 3.63) is 0 Å². The van der Waals surface area contributed by atoms with Crippen molar-refractivity contribution < 1.29 is 19.0 Å². The van der Waals surface area contributed by atoms with Crippen LogP contribution in [0.3, 0.4) is 0 Å². The van der Waals surface area contributed by atoms with Crippen molar-refractivity contribution >= 4 is 17.7 Å². The number of carbonyl (C=O) groups is 1. The number of thioether (sulfide) groups is 1. The zero-order chi connectivity index (χ0) is 13.7. The van der Waals surface area contributed by atoms with Gasteiger partial charge in [-0.3, -0.25) is 4.79 Å². The predicted octanol–water partition coefficient (Wildman–Crippen LogP) is 2.40. The molecule has 19 heavy (non-hydrogen) atoms.